The first-order chi connectivity index (χ1) is 8.15. The lowest BCUT2D eigenvalue weighted by Crippen LogP contribution is -2.26. The van der Waals surface area contributed by atoms with Crippen LogP contribution in [0.5, 0.6) is 0 Å². The number of unbranched alkanes of at least 4 members (excludes halogenated alkanes) is 1. The van der Waals surface area contributed by atoms with E-state index in [9.17, 15) is 4.79 Å². The number of nitrogens with two attached hydrogens (primary N) is 1. The van der Waals surface area contributed by atoms with Crippen molar-refractivity contribution in [2.75, 3.05) is 20.3 Å². The van der Waals surface area contributed by atoms with Crippen molar-refractivity contribution in [3.8, 4) is 0 Å². The molecular formula is C12H23N3O2. The summed E-state index contributed by atoms with van der Waals surface area (Å²) in [6.07, 6.45) is 5.37. The van der Waals surface area contributed by atoms with Crippen LogP contribution in [0.15, 0.2) is 23.7 Å². The van der Waals surface area contributed by atoms with Gasteiger partial charge >= 0.3 is 0 Å². The third-order valence-electron chi connectivity index (χ3n) is 2.08. The van der Waals surface area contributed by atoms with E-state index in [4.69, 9.17) is 10.5 Å². The molecule has 4 N–H and O–H groups in total. The lowest BCUT2D eigenvalue weighted by atomic mass is 10.3. The standard InChI is InChI=1S/C12H23N3O2/c1-4-5-7-17-8-6-11(14-3)12(9-13)15-10(2)16/h6,9,14H,4-5,7-8,13H2,1-3H3,(H,15,16)/b11-6+,12-9+. The first-order valence-corrected chi connectivity index (χ1v) is 5.81. The van der Waals surface area contributed by atoms with Crippen molar-refractivity contribution in [1.82, 2.24) is 10.6 Å². The highest BCUT2D eigenvalue weighted by atomic mass is 16.5. The molecule has 0 atom stereocenters. The Kier molecular flexibility index (Phi) is 8.86. The zero-order valence-electron chi connectivity index (χ0n) is 10.9. The zero-order chi connectivity index (χ0) is 13.1. The molecule has 0 fully saturated rings. The number of nitrogens with one attached hydrogen (secondary N) is 2. The molecule has 1 amide bonds. The van der Waals surface area contributed by atoms with Gasteiger partial charge in [-0.3, -0.25) is 4.79 Å². The molecule has 0 radical (unpaired) electrons. The fourth-order valence-corrected chi connectivity index (χ4v) is 1.21. The molecule has 0 aliphatic carbocycles. The summed E-state index contributed by atoms with van der Waals surface area (Å²) in [4.78, 5) is 11.0. The van der Waals surface area contributed by atoms with Crippen molar-refractivity contribution in [1.29, 1.82) is 0 Å². The van der Waals surface area contributed by atoms with Crippen LogP contribution in [-0.2, 0) is 9.53 Å². The number of ether oxygens (including phenoxy) is 1. The van der Waals surface area contributed by atoms with E-state index in [1.807, 2.05) is 6.08 Å². The predicted octanol–water partition coefficient (Wildman–Crippen LogP) is 0.843. The van der Waals surface area contributed by atoms with Crippen LogP contribution in [0.25, 0.3) is 0 Å². The molecule has 98 valence electrons. The molecule has 17 heavy (non-hydrogen) atoms. The summed E-state index contributed by atoms with van der Waals surface area (Å²) in [6, 6.07) is 0. The molecule has 0 bridgehead atoms. The Balaban J connectivity index is 4.27. The van der Waals surface area contributed by atoms with E-state index >= 15 is 0 Å². The monoisotopic (exact) mass is 241 g/mol. The van der Waals surface area contributed by atoms with Gasteiger partial charge in [0.25, 0.3) is 0 Å². The summed E-state index contributed by atoms with van der Waals surface area (Å²) in [5.74, 6) is -0.158. The minimum Gasteiger partial charge on any atom is -0.403 e. The van der Waals surface area contributed by atoms with Gasteiger partial charge in [-0.05, 0) is 12.5 Å². The van der Waals surface area contributed by atoms with Gasteiger partial charge in [0, 0.05) is 26.8 Å². The van der Waals surface area contributed by atoms with Crippen LogP contribution in [0.1, 0.15) is 26.7 Å². The van der Waals surface area contributed by atoms with Gasteiger partial charge < -0.3 is 21.1 Å². The summed E-state index contributed by atoms with van der Waals surface area (Å²) < 4.78 is 5.41. The Hall–Kier alpha value is -1.49. The molecule has 0 aromatic carbocycles. The Morgan fingerprint density at radius 2 is 2.12 bits per heavy atom. The molecule has 0 aliphatic heterocycles. The quantitative estimate of drug-likeness (QED) is 0.435. The van der Waals surface area contributed by atoms with Crippen molar-refractivity contribution in [2.24, 2.45) is 5.73 Å². The maximum atomic E-state index is 11.0. The maximum Gasteiger partial charge on any atom is 0.221 e. The number of hydrogen-bond donors (Lipinski definition) is 3. The second-order valence-corrected chi connectivity index (χ2v) is 3.56. The lowest BCUT2D eigenvalue weighted by Gasteiger charge is -2.11. The molecule has 0 aliphatic rings. The SMILES string of the molecule is CCCCOC/C=C(NC)\C(=C/N)NC(C)=O. The highest BCUT2D eigenvalue weighted by Crippen LogP contribution is 2.01. The Labute approximate surface area is 103 Å². The number of hydrogen-bond acceptors (Lipinski definition) is 4. The van der Waals surface area contributed by atoms with Crippen LogP contribution in [0.4, 0.5) is 0 Å². The highest BCUT2D eigenvalue weighted by molar-refractivity contribution is 5.75. The van der Waals surface area contributed by atoms with E-state index < -0.39 is 0 Å². The second kappa shape index (κ2) is 9.72. The van der Waals surface area contributed by atoms with E-state index in [1.54, 1.807) is 7.05 Å². The van der Waals surface area contributed by atoms with Gasteiger partial charge in [-0.2, -0.15) is 0 Å². The van der Waals surface area contributed by atoms with Gasteiger partial charge in [0.15, 0.2) is 0 Å². The van der Waals surface area contributed by atoms with E-state index in [0.29, 0.717) is 12.3 Å². The Morgan fingerprint density at radius 3 is 2.59 bits per heavy atom. The normalized spacial score (nSPS) is 12.4. The van der Waals surface area contributed by atoms with Gasteiger partial charge in [-0.15, -0.1) is 0 Å². The van der Waals surface area contributed by atoms with Crippen molar-refractivity contribution in [3.05, 3.63) is 23.7 Å². The van der Waals surface area contributed by atoms with E-state index in [1.165, 1.54) is 13.1 Å². The molecule has 0 saturated heterocycles. The summed E-state index contributed by atoms with van der Waals surface area (Å²) in [7, 11) is 1.77. The zero-order valence-corrected chi connectivity index (χ0v) is 10.9. The topological polar surface area (TPSA) is 76.4 Å². The first-order valence-electron chi connectivity index (χ1n) is 5.81. The highest BCUT2D eigenvalue weighted by Gasteiger charge is 2.03. The van der Waals surface area contributed by atoms with E-state index in [2.05, 4.69) is 17.6 Å². The minimum absolute atomic E-state index is 0.158. The third-order valence-corrected chi connectivity index (χ3v) is 2.08. The van der Waals surface area contributed by atoms with Gasteiger partial charge in [0.05, 0.1) is 18.0 Å². The number of amides is 1. The first kappa shape index (κ1) is 15.5. The Bertz CT molecular complexity index is 285. The molecule has 5 nitrogen and oxygen atoms in total. The fourth-order valence-electron chi connectivity index (χ4n) is 1.21. The molecule has 0 heterocycles. The average Bonchev–Trinajstić information content (AvgIpc) is 2.31. The number of carbonyl (C=O) groups excluding carboxylic acids is 1. The summed E-state index contributed by atoms with van der Waals surface area (Å²) in [5, 5.41) is 5.61. The van der Waals surface area contributed by atoms with E-state index in [0.717, 1.165) is 25.1 Å². The maximum absolute atomic E-state index is 11.0. The Morgan fingerprint density at radius 1 is 1.41 bits per heavy atom. The number of rotatable bonds is 8. The smallest absolute Gasteiger partial charge is 0.221 e. The van der Waals surface area contributed by atoms with Crippen molar-refractivity contribution in [3.63, 3.8) is 0 Å². The summed E-state index contributed by atoms with van der Waals surface area (Å²) >= 11 is 0. The van der Waals surface area contributed by atoms with Gasteiger partial charge in [-0.1, -0.05) is 13.3 Å². The van der Waals surface area contributed by atoms with Crippen LogP contribution in [0.3, 0.4) is 0 Å². The van der Waals surface area contributed by atoms with Crippen molar-refractivity contribution in [2.45, 2.75) is 26.7 Å². The second-order valence-electron chi connectivity index (χ2n) is 3.56. The summed E-state index contributed by atoms with van der Waals surface area (Å²) in [5.41, 5.74) is 6.76. The molecule has 5 heteroatoms. The number of carbonyl (C=O) groups is 1. The van der Waals surface area contributed by atoms with Crippen molar-refractivity contribution < 1.29 is 9.53 Å². The number of likely N-dealkylation sites (N-methyl/N-ethyl adjacent to an activating group) is 1. The van der Waals surface area contributed by atoms with Crippen LogP contribution in [-0.4, -0.2) is 26.2 Å². The molecule has 0 rings (SSSR count). The molecule has 0 saturated carbocycles. The van der Waals surface area contributed by atoms with Gasteiger partial charge in [0.2, 0.25) is 5.91 Å². The van der Waals surface area contributed by atoms with Crippen molar-refractivity contribution >= 4 is 5.91 Å². The van der Waals surface area contributed by atoms with Crippen LogP contribution >= 0.6 is 0 Å². The summed E-state index contributed by atoms with van der Waals surface area (Å²) in [6.45, 7) is 4.79. The molecule has 0 aromatic rings. The van der Waals surface area contributed by atoms with Gasteiger partial charge in [0.1, 0.15) is 0 Å². The van der Waals surface area contributed by atoms with Crippen LogP contribution in [0.2, 0.25) is 0 Å². The molecule has 0 unspecified atom stereocenters. The lowest BCUT2D eigenvalue weighted by molar-refractivity contribution is -0.118. The minimum atomic E-state index is -0.158. The van der Waals surface area contributed by atoms with Crippen LogP contribution < -0.4 is 16.4 Å². The van der Waals surface area contributed by atoms with E-state index in [-0.39, 0.29) is 5.91 Å². The molecule has 0 spiro atoms. The van der Waals surface area contributed by atoms with Gasteiger partial charge in [-0.25, -0.2) is 0 Å². The molecule has 0 aromatic heterocycles. The van der Waals surface area contributed by atoms with Crippen LogP contribution in [0, 0.1) is 0 Å². The third kappa shape index (κ3) is 7.41. The largest absolute Gasteiger partial charge is 0.403 e. The molecular weight excluding hydrogens is 218 g/mol. The predicted molar refractivity (Wildman–Crippen MR) is 69.0 cm³/mol. The average molecular weight is 241 g/mol. The fraction of sp³-hybridized carbons (Fsp3) is 0.583.